The molecule has 0 radical (unpaired) electrons. The number of sulfonamides is 1. The summed E-state index contributed by atoms with van der Waals surface area (Å²) in [4.78, 5) is 37.1. The number of anilines is 2. The molecular formula is C28H20Cl2N2O6S. The summed E-state index contributed by atoms with van der Waals surface area (Å²) in [6, 6.07) is 22.7. The van der Waals surface area contributed by atoms with Crippen LogP contribution in [0.15, 0.2) is 102 Å². The van der Waals surface area contributed by atoms with Crippen molar-refractivity contribution in [3.63, 3.8) is 0 Å². The minimum atomic E-state index is -4.42. The minimum absolute atomic E-state index is 0.00665. The molecule has 0 heterocycles. The van der Waals surface area contributed by atoms with Crippen LogP contribution < -0.4 is 14.4 Å². The molecule has 0 aliphatic rings. The molecule has 0 spiro atoms. The van der Waals surface area contributed by atoms with E-state index in [4.69, 9.17) is 27.9 Å². The molecule has 0 aliphatic heterocycles. The molecule has 4 aromatic rings. The number of esters is 1. The predicted octanol–water partition coefficient (Wildman–Crippen LogP) is 6.21. The van der Waals surface area contributed by atoms with Gasteiger partial charge >= 0.3 is 5.97 Å². The number of halogens is 2. The van der Waals surface area contributed by atoms with E-state index >= 15 is 0 Å². The fourth-order valence-electron chi connectivity index (χ4n) is 3.50. The molecule has 198 valence electrons. The highest BCUT2D eigenvalue weighted by Crippen LogP contribution is 2.29. The third-order valence-corrected chi connectivity index (χ3v) is 7.58. The first-order chi connectivity index (χ1) is 18.5. The molecule has 0 atom stereocenters. The molecule has 0 saturated heterocycles. The van der Waals surface area contributed by atoms with Gasteiger partial charge in [-0.1, -0.05) is 23.2 Å². The number of rotatable bonds is 7. The van der Waals surface area contributed by atoms with E-state index in [-0.39, 0.29) is 33.4 Å². The van der Waals surface area contributed by atoms with Crippen LogP contribution in [0, 0.1) is 0 Å². The molecular weight excluding hydrogens is 563 g/mol. The second kappa shape index (κ2) is 11.7. The summed E-state index contributed by atoms with van der Waals surface area (Å²) in [7, 11) is -4.42. The second-order valence-electron chi connectivity index (χ2n) is 8.18. The van der Waals surface area contributed by atoms with Gasteiger partial charge < -0.3 is 10.1 Å². The summed E-state index contributed by atoms with van der Waals surface area (Å²) in [5.41, 5.74) is 0.750. The molecule has 0 aromatic heterocycles. The smallest absolute Gasteiger partial charge is 0.343 e. The SMILES string of the molecule is CC(=O)Nc1ccc(S(=O)(=O)N(C(=O)c2ccc(Cl)cc2)c2ccc(OC(=O)c3ccc(Cl)cc3)cc2)cc1. The van der Waals surface area contributed by atoms with E-state index in [1.54, 1.807) is 12.1 Å². The van der Waals surface area contributed by atoms with Gasteiger partial charge in [-0.25, -0.2) is 13.2 Å². The maximum absolute atomic E-state index is 13.7. The fourth-order valence-corrected chi connectivity index (χ4v) is 5.16. The Morgan fingerprint density at radius 2 is 1.23 bits per heavy atom. The Labute approximate surface area is 234 Å². The lowest BCUT2D eigenvalue weighted by atomic mass is 10.2. The van der Waals surface area contributed by atoms with Gasteiger partial charge in [0.25, 0.3) is 15.9 Å². The van der Waals surface area contributed by atoms with Gasteiger partial charge in [0.05, 0.1) is 16.1 Å². The van der Waals surface area contributed by atoms with Crippen LogP contribution in [0.25, 0.3) is 0 Å². The van der Waals surface area contributed by atoms with Crippen LogP contribution in [0.3, 0.4) is 0 Å². The van der Waals surface area contributed by atoms with Crippen LogP contribution in [0.2, 0.25) is 10.0 Å². The number of carbonyl (C=O) groups excluding carboxylic acids is 3. The van der Waals surface area contributed by atoms with E-state index in [2.05, 4.69) is 5.32 Å². The largest absolute Gasteiger partial charge is 0.423 e. The maximum Gasteiger partial charge on any atom is 0.343 e. The Morgan fingerprint density at radius 3 is 1.74 bits per heavy atom. The van der Waals surface area contributed by atoms with Crippen LogP contribution in [0.1, 0.15) is 27.6 Å². The van der Waals surface area contributed by atoms with E-state index in [1.807, 2.05) is 0 Å². The lowest BCUT2D eigenvalue weighted by molar-refractivity contribution is -0.114. The van der Waals surface area contributed by atoms with Gasteiger partial charge in [-0.3, -0.25) is 9.59 Å². The van der Waals surface area contributed by atoms with Gasteiger partial charge in [0.15, 0.2) is 0 Å². The summed E-state index contributed by atoms with van der Waals surface area (Å²) < 4.78 is 33.4. The van der Waals surface area contributed by atoms with Gasteiger partial charge in [-0.15, -0.1) is 0 Å². The van der Waals surface area contributed by atoms with Crippen molar-refractivity contribution in [3.05, 3.63) is 118 Å². The van der Waals surface area contributed by atoms with E-state index in [0.717, 1.165) is 0 Å². The molecule has 0 fully saturated rings. The van der Waals surface area contributed by atoms with Crippen molar-refractivity contribution in [1.29, 1.82) is 0 Å². The molecule has 11 heteroatoms. The van der Waals surface area contributed by atoms with Gasteiger partial charge in [-0.2, -0.15) is 4.31 Å². The lowest BCUT2D eigenvalue weighted by Crippen LogP contribution is -2.37. The van der Waals surface area contributed by atoms with Crippen LogP contribution in [0.5, 0.6) is 5.75 Å². The summed E-state index contributed by atoms with van der Waals surface area (Å²) in [5, 5.41) is 3.40. The van der Waals surface area contributed by atoms with Crippen LogP contribution in [-0.4, -0.2) is 26.2 Å². The number of nitrogens with one attached hydrogen (secondary N) is 1. The Balaban J connectivity index is 1.68. The standard InChI is InChI=1S/C28H20Cl2N2O6S/c1-18(33)31-23-10-16-26(17-11-23)39(36,37)32(27(34)19-2-6-21(29)7-3-19)24-12-14-25(15-13-24)38-28(35)20-4-8-22(30)9-5-20/h2-17H,1H3,(H,31,33). The van der Waals surface area contributed by atoms with Crippen molar-refractivity contribution in [2.24, 2.45) is 0 Å². The molecule has 8 nitrogen and oxygen atoms in total. The van der Waals surface area contributed by atoms with E-state index in [1.165, 1.54) is 91.9 Å². The average molecular weight is 583 g/mol. The number of amides is 2. The first kappa shape index (κ1) is 27.8. The van der Waals surface area contributed by atoms with Crippen molar-refractivity contribution >= 4 is 62.4 Å². The van der Waals surface area contributed by atoms with Crippen LogP contribution >= 0.6 is 23.2 Å². The number of hydrogen-bond donors (Lipinski definition) is 1. The van der Waals surface area contributed by atoms with Gasteiger partial charge in [-0.05, 0) is 97.1 Å². The highest BCUT2D eigenvalue weighted by molar-refractivity contribution is 7.93. The number of hydrogen-bond acceptors (Lipinski definition) is 6. The van der Waals surface area contributed by atoms with Crippen molar-refractivity contribution in [2.75, 3.05) is 9.62 Å². The van der Waals surface area contributed by atoms with Gasteiger partial charge in [0.1, 0.15) is 5.75 Å². The van der Waals surface area contributed by atoms with Gasteiger partial charge in [0.2, 0.25) is 5.91 Å². The Bertz CT molecular complexity index is 1620. The highest BCUT2D eigenvalue weighted by atomic mass is 35.5. The zero-order chi connectivity index (χ0) is 28.2. The number of ether oxygens (including phenoxy) is 1. The molecule has 4 rings (SSSR count). The van der Waals surface area contributed by atoms with E-state index in [9.17, 15) is 22.8 Å². The van der Waals surface area contributed by atoms with Gasteiger partial charge in [0, 0.05) is 28.2 Å². The third kappa shape index (κ3) is 6.64. The third-order valence-electron chi connectivity index (χ3n) is 5.35. The molecule has 0 bridgehead atoms. The van der Waals surface area contributed by atoms with Crippen LogP contribution in [-0.2, 0) is 14.8 Å². The van der Waals surface area contributed by atoms with Crippen molar-refractivity contribution in [2.45, 2.75) is 11.8 Å². The Hall–Kier alpha value is -4.18. The number of carbonyl (C=O) groups is 3. The summed E-state index contributed by atoms with van der Waals surface area (Å²) >= 11 is 11.8. The van der Waals surface area contributed by atoms with E-state index < -0.39 is 21.9 Å². The second-order valence-corrected chi connectivity index (χ2v) is 10.8. The van der Waals surface area contributed by atoms with Crippen molar-refractivity contribution in [3.8, 4) is 5.75 Å². The molecule has 0 saturated carbocycles. The Morgan fingerprint density at radius 1 is 0.718 bits per heavy atom. The molecule has 4 aromatic carbocycles. The topological polar surface area (TPSA) is 110 Å². The quantitative estimate of drug-likeness (QED) is 0.205. The van der Waals surface area contributed by atoms with Crippen molar-refractivity contribution < 1.29 is 27.5 Å². The monoisotopic (exact) mass is 582 g/mol. The lowest BCUT2D eigenvalue weighted by Gasteiger charge is -2.23. The number of benzene rings is 4. The fraction of sp³-hybridized carbons (Fsp3) is 0.0357. The summed E-state index contributed by atoms with van der Waals surface area (Å²) in [6.07, 6.45) is 0. The summed E-state index contributed by atoms with van der Waals surface area (Å²) in [5.74, 6) is -1.65. The normalized spacial score (nSPS) is 10.9. The molecule has 0 aliphatic carbocycles. The predicted molar refractivity (Wildman–Crippen MR) is 149 cm³/mol. The zero-order valence-corrected chi connectivity index (χ0v) is 22.6. The first-order valence-corrected chi connectivity index (χ1v) is 13.5. The van der Waals surface area contributed by atoms with Crippen molar-refractivity contribution in [1.82, 2.24) is 0 Å². The molecule has 1 N–H and O–H groups in total. The first-order valence-electron chi connectivity index (χ1n) is 11.4. The highest BCUT2D eigenvalue weighted by Gasteiger charge is 2.32. The summed E-state index contributed by atoms with van der Waals surface area (Å²) in [6.45, 7) is 1.33. The Kier molecular flexibility index (Phi) is 8.35. The van der Waals surface area contributed by atoms with Crippen LogP contribution in [0.4, 0.5) is 11.4 Å². The average Bonchev–Trinajstić information content (AvgIpc) is 2.90. The molecule has 39 heavy (non-hydrogen) atoms. The molecule has 0 unspecified atom stereocenters. The maximum atomic E-state index is 13.7. The molecule has 2 amide bonds. The zero-order valence-electron chi connectivity index (χ0n) is 20.3. The minimum Gasteiger partial charge on any atom is -0.423 e. The number of nitrogens with zero attached hydrogens (tertiary/aromatic N) is 1. The van der Waals surface area contributed by atoms with E-state index in [0.29, 0.717) is 20.0 Å².